The number of nitrogens with zero attached hydrogens (tertiary/aromatic N) is 2. The lowest BCUT2D eigenvalue weighted by Gasteiger charge is -2.09. The van der Waals surface area contributed by atoms with Crippen LogP contribution in [-0.2, 0) is 0 Å². The van der Waals surface area contributed by atoms with Gasteiger partial charge in [0.25, 0.3) is 5.56 Å². The van der Waals surface area contributed by atoms with Crippen LogP contribution < -0.4 is 10.3 Å². The summed E-state index contributed by atoms with van der Waals surface area (Å²) in [5.41, 5.74) is 1.79. The highest BCUT2D eigenvalue weighted by molar-refractivity contribution is 8.00. The first-order valence-electron chi connectivity index (χ1n) is 7.87. The quantitative estimate of drug-likeness (QED) is 0.336. The van der Waals surface area contributed by atoms with Gasteiger partial charge < -0.3 is 9.71 Å². The van der Waals surface area contributed by atoms with Gasteiger partial charge in [0, 0.05) is 16.5 Å². The Morgan fingerprint density at radius 1 is 0.964 bits per heavy atom. The third-order valence-corrected chi connectivity index (χ3v) is 6.16. The van der Waals surface area contributed by atoms with E-state index < -0.39 is 5.56 Å². The van der Waals surface area contributed by atoms with E-state index in [0.717, 1.165) is 21.5 Å². The van der Waals surface area contributed by atoms with Crippen molar-refractivity contribution in [3.63, 3.8) is 0 Å². The topological polar surface area (TPSA) is 62.7 Å². The average Bonchev–Trinajstić information content (AvgIpc) is 3.09. The SMILES string of the molecule is O=c1c(Cl)c(Cl)cnn1-c1ccc(SNc2ccc(Cl)c3c(Cl)c[nH]c23)cc1. The molecule has 0 saturated carbocycles. The summed E-state index contributed by atoms with van der Waals surface area (Å²) in [6.07, 6.45) is 3.04. The van der Waals surface area contributed by atoms with E-state index >= 15 is 0 Å². The first kappa shape index (κ1) is 19.5. The molecule has 0 spiro atoms. The molecule has 142 valence electrons. The third kappa shape index (κ3) is 3.58. The van der Waals surface area contributed by atoms with Crippen molar-refractivity contribution >= 4 is 74.9 Å². The number of benzene rings is 2. The van der Waals surface area contributed by atoms with E-state index in [1.807, 2.05) is 18.2 Å². The van der Waals surface area contributed by atoms with Crippen molar-refractivity contribution in [2.45, 2.75) is 4.90 Å². The summed E-state index contributed by atoms with van der Waals surface area (Å²) < 4.78 is 4.47. The molecule has 2 aromatic carbocycles. The van der Waals surface area contributed by atoms with E-state index in [-0.39, 0.29) is 10.0 Å². The predicted molar refractivity (Wildman–Crippen MR) is 118 cm³/mol. The number of hydrogen-bond acceptors (Lipinski definition) is 4. The zero-order valence-electron chi connectivity index (χ0n) is 13.8. The molecule has 0 aliphatic carbocycles. The highest BCUT2D eigenvalue weighted by Crippen LogP contribution is 2.36. The zero-order chi connectivity index (χ0) is 19.8. The number of anilines is 1. The smallest absolute Gasteiger partial charge is 0.291 e. The fourth-order valence-corrected chi connectivity index (χ4v) is 4.10. The fourth-order valence-electron chi connectivity index (χ4n) is 2.62. The molecule has 28 heavy (non-hydrogen) atoms. The van der Waals surface area contributed by atoms with Gasteiger partial charge in [-0.15, -0.1) is 0 Å². The largest absolute Gasteiger partial charge is 0.358 e. The molecule has 0 bridgehead atoms. The van der Waals surface area contributed by atoms with Crippen molar-refractivity contribution in [2.24, 2.45) is 0 Å². The lowest BCUT2D eigenvalue weighted by molar-refractivity contribution is 0.806. The lowest BCUT2D eigenvalue weighted by Crippen LogP contribution is -2.21. The number of aromatic nitrogens is 3. The second-order valence-corrected chi connectivity index (χ2v) is 8.18. The van der Waals surface area contributed by atoms with Crippen molar-refractivity contribution in [1.29, 1.82) is 0 Å². The minimum Gasteiger partial charge on any atom is -0.358 e. The molecule has 0 amide bonds. The van der Waals surface area contributed by atoms with E-state index in [1.54, 1.807) is 24.4 Å². The highest BCUT2D eigenvalue weighted by Gasteiger charge is 2.11. The van der Waals surface area contributed by atoms with Gasteiger partial charge in [-0.1, -0.05) is 46.4 Å². The standard InChI is InChI=1S/C18H10Cl4N4OS/c19-11-5-6-14(17-15(11)12(20)7-23-17)25-28-10-3-1-9(2-4-10)26-18(27)16(22)13(21)8-24-26/h1-8,23,25H. The van der Waals surface area contributed by atoms with Gasteiger partial charge in [-0.2, -0.15) is 9.78 Å². The van der Waals surface area contributed by atoms with Gasteiger partial charge >= 0.3 is 0 Å². The van der Waals surface area contributed by atoms with E-state index in [0.29, 0.717) is 15.7 Å². The van der Waals surface area contributed by atoms with Crippen LogP contribution in [0.5, 0.6) is 0 Å². The Balaban J connectivity index is 1.56. The van der Waals surface area contributed by atoms with Crippen LogP contribution in [-0.4, -0.2) is 14.8 Å². The Morgan fingerprint density at radius 2 is 1.71 bits per heavy atom. The molecule has 0 aliphatic heterocycles. The van der Waals surface area contributed by atoms with Crippen LogP contribution in [0.4, 0.5) is 5.69 Å². The van der Waals surface area contributed by atoms with E-state index in [4.69, 9.17) is 46.4 Å². The number of aromatic amines is 1. The molecule has 5 nitrogen and oxygen atoms in total. The number of halogens is 4. The van der Waals surface area contributed by atoms with Crippen LogP contribution in [0, 0.1) is 0 Å². The van der Waals surface area contributed by atoms with Gasteiger partial charge in [0.2, 0.25) is 0 Å². The fraction of sp³-hybridized carbons (Fsp3) is 0. The molecular weight excluding hydrogens is 462 g/mol. The van der Waals surface area contributed by atoms with Crippen molar-refractivity contribution in [3.8, 4) is 5.69 Å². The Hall–Kier alpha value is -1.83. The summed E-state index contributed by atoms with van der Waals surface area (Å²) >= 11 is 25.5. The Morgan fingerprint density at radius 3 is 2.46 bits per heavy atom. The third-order valence-electron chi connectivity index (χ3n) is 3.97. The summed E-state index contributed by atoms with van der Waals surface area (Å²) in [7, 11) is 0. The average molecular weight is 472 g/mol. The Labute approximate surface area is 183 Å². The molecule has 0 radical (unpaired) electrons. The second-order valence-electron chi connectivity index (χ2n) is 5.70. The number of fused-ring (bicyclic) bond motifs is 1. The molecule has 0 saturated heterocycles. The van der Waals surface area contributed by atoms with Crippen LogP contribution in [0.15, 0.2) is 58.5 Å². The molecule has 2 aromatic heterocycles. The summed E-state index contributed by atoms with van der Waals surface area (Å²) in [5.74, 6) is 0. The maximum Gasteiger partial charge on any atom is 0.291 e. The van der Waals surface area contributed by atoms with Gasteiger partial charge in [0.1, 0.15) is 5.02 Å². The molecule has 10 heteroatoms. The predicted octanol–water partition coefficient (Wildman–Crippen LogP) is 6.45. The number of H-pyrrole nitrogens is 1. The van der Waals surface area contributed by atoms with Gasteiger partial charge in [-0.3, -0.25) is 4.79 Å². The molecule has 0 aliphatic rings. The van der Waals surface area contributed by atoms with Gasteiger partial charge in [-0.05, 0) is 48.3 Å². The highest BCUT2D eigenvalue weighted by atomic mass is 35.5. The monoisotopic (exact) mass is 470 g/mol. The molecule has 2 N–H and O–H groups in total. The first-order chi connectivity index (χ1) is 13.5. The van der Waals surface area contributed by atoms with Crippen molar-refractivity contribution in [1.82, 2.24) is 14.8 Å². The maximum atomic E-state index is 12.2. The van der Waals surface area contributed by atoms with Crippen LogP contribution in [0.3, 0.4) is 0 Å². The van der Waals surface area contributed by atoms with Gasteiger partial charge in [0.05, 0.1) is 38.2 Å². The molecular formula is C18H10Cl4N4OS. The molecule has 4 aromatic rings. The summed E-state index contributed by atoms with van der Waals surface area (Å²) in [6.45, 7) is 0. The summed E-state index contributed by atoms with van der Waals surface area (Å²) in [5, 5.41) is 6.00. The molecule has 4 rings (SSSR count). The summed E-state index contributed by atoms with van der Waals surface area (Å²) in [6, 6.07) is 10.9. The van der Waals surface area contributed by atoms with Crippen LogP contribution in [0.2, 0.25) is 20.1 Å². The van der Waals surface area contributed by atoms with Crippen LogP contribution in [0.25, 0.3) is 16.6 Å². The zero-order valence-corrected chi connectivity index (χ0v) is 17.7. The number of hydrogen-bond donors (Lipinski definition) is 2. The minimum atomic E-state index is -0.472. The maximum absolute atomic E-state index is 12.2. The molecule has 0 atom stereocenters. The van der Waals surface area contributed by atoms with Gasteiger partial charge in [-0.25, -0.2) is 0 Å². The summed E-state index contributed by atoms with van der Waals surface area (Å²) in [4.78, 5) is 16.2. The number of rotatable bonds is 4. The Kier molecular flexibility index (Phi) is 5.49. The molecule has 0 unspecified atom stereocenters. The van der Waals surface area contributed by atoms with E-state index in [1.165, 1.54) is 22.8 Å². The van der Waals surface area contributed by atoms with E-state index in [9.17, 15) is 4.79 Å². The van der Waals surface area contributed by atoms with Crippen molar-refractivity contribution in [2.75, 3.05) is 4.72 Å². The van der Waals surface area contributed by atoms with Gasteiger partial charge in [0.15, 0.2) is 0 Å². The second kappa shape index (κ2) is 7.89. The number of nitrogens with one attached hydrogen (secondary N) is 2. The van der Waals surface area contributed by atoms with E-state index in [2.05, 4.69) is 14.8 Å². The van der Waals surface area contributed by atoms with Crippen LogP contribution in [0.1, 0.15) is 0 Å². The minimum absolute atomic E-state index is 0.0619. The lowest BCUT2D eigenvalue weighted by atomic mass is 10.2. The Bertz CT molecular complexity index is 1240. The van der Waals surface area contributed by atoms with Crippen molar-refractivity contribution < 1.29 is 0 Å². The molecule has 0 fully saturated rings. The first-order valence-corrected chi connectivity index (χ1v) is 10.2. The van der Waals surface area contributed by atoms with Crippen LogP contribution >= 0.6 is 58.4 Å². The molecule has 2 heterocycles. The normalized spacial score (nSPS) is 11.1. The van der Waals surface area contributed by atoms with Crippen molar-refractivity contribution in [3.05, 3.63) is 79.2 Å².